The first-order valence-corrected chi connectivity index (χ1v) is 4.04. The number of nitrogens with one attached hydrogen (secondary N) is 1. The Kier molecular flexibility index (Phi) is 5.14. The van der Waals surface area contributed by atoms with E-state index in [2.05, 4.69) is 11.2 Å². The molecule has 0 fully saturated rings. The van der Waals surface area contributed by atoms with Gasteiger partial charge < -0.3 is 11.1 Å². The number of amides is 1. The van der Waals surface area contributed by atoms with Crippen LogP contribution in [0.4, 0.5) is 0 Å². The van der Waals surface area contributed by atoms with Gasteiger partial charge in [0.25, 0.3) is 0 Å². The third-order valence-corrected chi connectivity index (χ3v) is 1.43. The molecule has 0 aliphatic carbocycles. The van der Waals surface area contributed by atoms with Crippen molar-refractivity contribution in [2.24, 2.45) is 11.7 Å². The molecule has 0 aromatic heterocycles. The lowest BCUT2D eigenvalue weighted by Crippen LogP contribution is -2.41. The molecule has 3 N–H and O–H groups in total. The van der Waals surface area contributed by atoms with E-state index in [1.807, 2.05) is 13.8 Å². The molecule has 0 aliphatic rings. The Balaban J connectivity index is 3.70. The van der Waals surface area contributed by atoms with Crippen LogP contribution in [0.3, 0.4) is 0 Å². The summed E-state index contributed by atoms with van der Waals surface area (Å²) in [6, 6.07) is -0.432. The maximum absolute atomic E-state index is 11.1. The zero-order valence-electron chi connectivity index (χ0n) is 7.63. The molecular formula is C9H16N2O. The average molecular weight is 168 g/mol. The molecule has 0 saturated heterocycles. The molecule has 0 aliphatic heterocycles. The molecule has 1 amide bonds. The predicted molar refractivity (Wildman–Crippen MR) is 49.3 cm³/mol. The molecular weight excluding hydrogens is 152 g/mol. The molecule has 68 valence electrons. The smallest absolute Gasteiger partial charge is 0.237 e. The van der Waals surface area contributed by atoms with Crippen molar-refractivity contribution in [2.75, 3.05) is 6.54 Å². The molecule has 0 saturated carbocycles. The van der Waals surface area contributed by atoms with Gasteiger partial charge >= 0.3 is 0 Å². The van der Waals surface area contributed by atoms with Crippen molar-refractivity contribution >= 4 is 5.91 Å². The van der Waals surface area contributed by atoms with Crippen molar-refractivity contribution in [3.63, 3.8) is 0 Å². The van der Waals surface area contributed by atoms with E-state index in [9.17, 15) is 4.79 Å². The van der Waals surface area contributed by atoms with Crippen molar-refractivity contribution in [1.82, 2.24) is 5.32 Å². The van der Waals surface area contributed by atoms with Gasteiger partial charge in [-0.25, -0.2) is 0 Å². The molecule has 0 aromatic rings. The van der Waals surface area contributed by atoms with E-state index in [0.717, 1.165) is 0 Å². The minimum absolute atomic E-state index is 0.165. The largest absolute Gasteiger partial charge is 0.344 e. The van der Waals surface area contributed by atoms with Crippen molar-refractivity contribution in [1.29, 1.82) is 0 Å². The van der Waals surface area contributed by atoms with Crippen LogP contribution in [0.2, 0.25) is 0 Å². The van der Waals surface area contributed by atoms with Crippen LogP contribution in [0.15, 0.2) is 0 Å². The first-order chi connectivity index (χ1) is 5.57. The average Bonchev–Trinajstić information content (AvgIpc) is 1.98. The highest BCUT2D eigenvalue weighted by molar-refractivity contribution is 5.81. The molecule has 0 radical (unpaired) electrons. The van der Waals surface area contributed by atoms with E-state index < -0.39 is 6.04 Å². The summed E-state index contributed by atoms with van der Waals surface area (Å²) in [5, 5.41) is 2.54. The van der Waals surface area contributed by atoms with E-state index in [0.29, 0.717) is 12.3 Å². The number of hydrogen-bond acceptors (Lipinski definition) is 2. The molecule has 0 spiro atoms. The van der Waals surface area contributed by atoms with Gasteiger partial charge in [0.2, 0.25) is 5.91 Å². The number of carbonyl (C=O) groups excluding carboxylic acids is 1. The van der Waals surface area contributed by atoms with Crippen molar-refractivity contribution < 1.29 is 4.79 Å². The molecule has 0 heterocycles. The minimum atomic E-state index is -0.432. The highest BCUT2D eigenvalue weighted by Crippen LogP contribution is 2.01. The Morgan fingerprint density at radius 3 is 2.67 bits per heavy atom. The second kappa shape index (κ2) is 5.62. The van der Waals surface area contributed by atoms with Crippen LogP contribution >= 0.6 is 0 Å². The van der Waals surface area contributed by atoms with Crippen LogP contribution in [0.1, 0.15) is 20.3 Å². The van der Waals surface area contributed by atoms with Gasteiger partial charge in [-0.05, 0) is 12.3 Å². The van der Waals surface area contributed by atoms with E-state index >= 15 is 0 Å². The van der Waals surface area contributed by atoms with Crippen LogP contribution in [0.5, 0.6) is 0 Å². The lowest BCUT2D eigenvalue weighted by molar-refractivity contribution is -0.122. The van der Waals surface area contributed by atoms with Gasteiger partial charge in [0.1, 0.15) is 0 Å². The fourth-order valence-corrected chi connectivity index (χ4v) is 0.884. The first-order valence-electron chi connectivity index (χ1n) is 4.04. The zero-order chi connectivity index (χ0) is 9.56. The van der Waals surface area contributed by atoms with Crippen LogP contribution in [0, 0.1) is 18.3 Å². The van der Waals surface area contributed by atoms with Gasteiger partial charge in [0, 0.05) is 0 Å². The summed E-state index contributed by atoms with van der Waals surface area (Å²) in [7, 11) is 0. The molecule has 0 aromatic carbocycles. The maximum atomic E-state index is 11.1. The Hall–Kier alpha value is -1.01. The molecule has 1 atom stereocenters. The normalized spacial score (nSPS) is 12.2. The van der Waals surface area contributed by atoms with Gasteiger partial charge in [0.15, 0.2) is 0 Å². The summed E-state index contributed by atoms with van der Waals surface area (Å²) in [6.45, 7) is 4.30. The summed E-state index contributed by atoms with van der Waals surface area (Å²) in [5.74, 6) is 2.58. The fourth-order valence-electron chi connectivity index (χ4n) is 0.884. The number of carbonyl (C=O) groups is 1. The summed E-state index contributed by atoms with van der Waals surface area (Å²) < 4.78 is 0. The zero-order valence-corrected chi connectivity index (χ0v) is 7.63. The summed E-state index contributed by atoms with van der Waals surface area (Å²) >= 11 is 0. The Labute approximate surface area is 73.7 Å². The van der Waals surface area contributed by atoms with Crippen LogP contribution < -0.4 is 11.1 Å². The molecule has 3 nitrogen and oxygen atoms in total. The summed E-state index contributed by atoms with van der Waals surface area (Å²) in [6.07, 6.45) is 5.66. The molecule has 0 bridgehead atoms. The second-order valence-electron chi connectivity index (χ2n) is 3.16. The van der Waals surface area contributed by atoms with Crippen LogP contribution in [0.25, 0.3) is 0 Å². The quantitative estimate of drug-likeness (QED) is 0.585. The van der Waals surface area contributed by atoms with E-state index in [1.54, 1.807) is 0 Å². The Morgan fingerprint density at radius 1 is 1.67 bits per heavy atom. The standard InChI is InChI=1S/C9H16N2O/c1-4-5-11-9(12)8(10)6-7(2)3/h1,7-8H,5-6,10H2,2-3H3,(H,11,12)/t8-/m0/s1. The van der Waals surface area contributed by atoms with E-state index in [4.69, 9.17) is 12.2 Å². The van der Waals surface area contributed by atoms with Gasteiger partial charge in [-0.1, -0.05) is 19.8 Å². The lowest BCUT2D eigenvalue weighted by Gasteiger charge is -2.12. The van der Waals surface area contributed by atoms with Crippen molar-refractivity contribution in [3.05, 3.63) is 0 Å². The SMILES string of the molecule is C#CCNC(=O)[C@@H](N)CC(C)C. The number of terminal acetylenes is 1. The number of nitrogens with two attached hydrogens (primary N) is 1. The third kappa shape index (κ3) is 4.75. The van der Waals surface area contributed by atoms with E-state index in [1.165, 1.54) is 0 Å². The van der Waals surface area contributed by atoms with Crippen molar-refractivity contribution in [3.8, 4) is 12.3 Å². The fraction of sp³-hybridized carbons (Fsp3) is 0.667. The number of rotatable bonds is 4. The highest BCUT2D eigenvalue weighted by atomic mass is 16.2. The maximum Gasteiger partial charge on any atom is 0.237 e. The molecule has 3 heteroatoms. The van der Waals surface area contributed by atoms with Gasteiger partial charge in [0.05, 0.1) is 12.6 Å². The monoisotopic (exact) mass is 168 g/mol. The first kappa shape index (κ1) is 11.0. The third-order valence-electron chi connectivity index (χ3n) is 1.43. The van der Waals surface area contributed by atoms with E-state index in [-0.39, 0.29) is 12.5 Å². The molecule has 0 rings (SSSR count). The summed E-state index contributed by atoms with van der Waals surface area (Å²) in [4.78, 5) is 11.1. The summed E-state index contributed by atoms with van der Waals surface area (Å²) in [5.41, 5.74) is 5.58. The number of hydrogen-bond donors (Lipinski definition) is 2. The van der Waals surface area contributed by atoms with Crippen LogP contribution in [-0.2, 0) is 4.79 Å². The van der Waals surface area contributed by atoms with Gasteiger partial charge in [-0.2, -0.15) is 0 Å². The van der Waals surface area contributed by atoms with Gasteiger partial charge in [-0.15, -0.1) is 6.42 Å². The highest BCUT2D eigenvalue weighted by Gasteiger charge is 2.13. The lowest BCUT2D eigenvalue weighted by atomic mass is 10.0. The Bertz CT molecular complexity index is 181. The van der Waals surface area contributed by atoms with Crippen molar-refractivity contribution in [2.45, 2.75) is 26.3 Å². The second-order valence-corrected chi connectivity index (χ2v) is 3.16. The van der Waals surface area contributed by atoms with Gasteiger partial charge in [-0.3, -0.25) is 4.79 Å². The topological polar surface area (TPSA) is 55.1 Å². The predicted octanol–water partition coefficient (Wildman–Crippen LogP) is 0.109. The minimum Gasteiger partial charge on any atom is -0.344 e. The Morgan fingerprint density at radius 2 is 2.25 bits per heavy atom. The molecule has 0 unspecified atom stereocenters. The van der Waals surface area contributed by atoms with Crippen LogP contribution in [-0.4, -0.2) is 18.5 Å². The molecule has 12 heavy (non-hydrogen) atoms.